The number of ether oxygens (including phenoxy) is 1. The van der Waals surface area contributed by atoms with Crippen molar-refractivity contribution in [3.63, 3.8) is 0 Å². The standard InChI is InChI=1S/C29H35N7O4S/c1-18-8-10-22(11-9-18)41(38,39)36-16-23(25-21(4)30-12-13-31-25)24-26(32-17-33-27(24)36)34-14-20(3)35(15-19(34)2)28(37)40-29(5,6)7/h8-13,16-17,19-20H,14-15H2,1-7H3/t19?,20-/m0/s1. The molecule has 5 rings (SSSR count). The van der Waals surface area contributed by atoms with Gasteiger partial charge >= 0.3 is 6.09 Å². The molecule has 0 radical (unpaired) electrons. The van der Waals surface area contributed by atoms with Crippen molar-refractivity contribution in [2.45, 2.75) is 71.0 Å². The second-order valence-corrected chi connectivity index (χ2v) is 13.3. The Hall–Kier alpha value is -4.06. The number of carbonyl (C=O) groups is 1. The van der Waals surface area contributed by atoms with Gasteiger partial charge in [-0.3, -0.25) is 9.97 Å². The predicted molar refractivity (Wildman–Crippen MR) is 156 cm³/mol. The Kier molecular flexibility index (Phi) is 7.22. The Balaban J connectivity index is 1.66. The fourth-order valence-corrected chi connectivity index (χ4v) is 6.41. The summed E-state index contributed by atoms with van der Waals surface area (Å²) in [5.41, 5.74) is 2.34. The normalized spacial score (nSPS) is 18.1. The van der Waals surface area contributed by atoms with Crippen LogP contribution in [-0.4, -0.2) is 74.1 Å². The van der Waals surface area contributed by atoms with Gasteiger partial charge in [-0.05, 0) is 60.6 Å². The van der Waals surface area contributed by atoms with E-state index < -0.39 is 15.6 Å². The summed E-state index contributed by atoms with van der Waals surface area (Å²) in [5.74, 6) is 0.566. The Bertz CT molecular complexity index is 1710. The number of fused-ring (bicyclic) bond motifs is 1. The predicted octanol–water partition coefficient (Wildman–Crippen LogP) is 4.58. The second-order valence-electron chi connectivity index (χ2n) is 11.5. The van der Waals surface area contributed by atoms with Crippen molar-refractivity contribution in [3.05, 3.63) is 60.4 Å². The first-order chi connectivity index (χ1) is 19.3. The van der Waals surface area contributed by atoms with Crippen LogP contribution in [0.2, 0.25) is 0 Å². The Morgan fingerprint density at radius 2 is 1.63 bits per heavy atom. The maximum atomic E-state index is 13.9. The third-order valence-electron chi connectivity index (χ3n) is 7.13. The van der Waals surface area contributed by atoms with Crippen LogP contribution in [0.4, 0.5) is 10.6 Å². The first kappa shape index (κ1) is 28.5. The minimum absolute atomic E-state index is 0.148. The molecule has 0 saturated carbocycles. The van der Waals surface area contributed by atoms with E-state index in [2.05, 4.69) is 24.8 Å². The van der Waals surface area contributed by atoms with Crippen LogP contribution < -0.4 is 4.90 Å². The van der Waals surface area contributed by atoms with E-state index in [0.717, 1.165) is 5.56 Å². The summed E-state index contributed by atoms with van der Waals surface area (Å²) in [6, 6.07) is 6.37. The third kappa shape index (κ3) is 5.35. The monoisotopic (exact) mass is 577 g/mol. The lowest BCUT2D eigenvalue weighted by Gasteiger charge is -2.44. The van der Waals surface area contributed by atoms with Crippen molar-refractivity contribution in [3.8, 4) is 11.3 Å². The number of hydrogen-bond donors (Lipinski definition) is 0. The number of anilines is 1. The molecule has 12 heteroatoms. The number of rotatable bonds is 4. The van der Waals surface area contributed by atoms with Crippen LogP contribution in [0.5, 0.6) is 0 Å². The van der Waals surface area contributed by atoms with E-state index >= 15 is 0 Å². The molecule has 4 aromatic rings. The molecule has 0 N–H and O–H groups in total. The van der Waals surface area contributed by atoms with Gasteiger partial charge in [-0.2, -0.15) is 0 Å². The molecule has 0 aliphatic carbocycles. The first-order valence-corrected chi connectivity index (χ1v) is 14.9. The molecule has 1 aromatic carbocycles. The van der Waals surface area contributed by atoms with Gasteiger partial charge in [-0.1, -0.05) is 17.7 Å². The lowest BCUT2D eigenvalue weighted by Crippen LogP contribution is -2.59. The Morgan fingerprint density at radius 1 is 0.951 bits per heavy atom. The molecule has 1 saturated heterocycles. The van der Waals surface area contributed by atoms with E-state index in [1.165, 1.54) is 10.3 Å². The van der Waals surface area contributed by atoms with E-state index in [0.29, 0.717) is 41.2 Å². The van der Waals surface area contributed by atoms with Crippen LogP contribution in [0.3, 0.4) is 0 Å². The zero-order valence-electron chi connectivity index (χ0n) is 24.4. The average Bonchev–Trinajstić information content (AvgIpc) is 3.30. The molecule has 4 heterocycles. The number of carbonyl (C=O) groups excluding carboxylic acids is 1. The second kappa shape index (κ2) is 10.4. The van der Waals surface area contributed by atoms with Crippen molar-refractivity contribution in [1.29, 1.82) is 0 Å². The van der Waals surface area contributed by atoms with Crippen LogP contribution in [-0.2, 0) is 14.8 Å². The lowest BCUT2D eigenvalue weighted by atomic mass is 10.1. The van der Waals surface area contributed by atoms with Gasteiger partial charge in [0.15, 0.2) is 5.65 Å². The van der Waals surface area contributed by atoms with Gasteiger partial charge in [0, 0.05) is 49.3 Å². The first-order valence-electron chi connectivity index (χ1n) is 13.5. The maximum Gasteiger partial charge on any atom is 0.410 e. The molecule has 3 aromatic heterocycles. The highest BCUT2D eigenvalue weighted by Gasteiger charge is 2.37. The van der Waals surface area contributed by atoms with E-state index in [-0.39, 0.29) is 28.7 Å². The largest absolute Gasteiger partial charge is 0.444 e. The number of hydrogen-bond acceptors (Lipinski definition) is 9. The smallest absolute Gasteiger partial charge is 0.410 e. The molecule has 216 valence electrons. The number of amides is 1. The maximum absolute atomic E-state index is 13.9. The quantitative estimate of drug-likeness (QED) is 0.343. The van der Waals surface area contributed by atoms with Gasteiger partial charge in [0.05, 0.1) is 21.7 Å². The van der Waals surface area contributed by atoms with Gasteiger partial charge in [0.25, 0.3) is 10.0 Å². The Labute approximate surface area is 240 Å². The molecule has 1 fully saturated rings. The number of nitrogens with zero attached hydrogens (tertiary/aromatic N) is 7. The van der Waals surface area contributed by atoms with E-state index in [1.807, 2.05) is 48.5 Å². The van der Waals surface area contributed by atoms with E-state index in [1.54, 1.807) is 47.8 Å². The summed E-state index contributed by atoms with van der Waals surface area (Å²) in [6.45, 7) is 14.1. The van der Waals surface area contributed by atoms with Gasteiger partial charge in [0.2, 0.25) is 0 Å². The molecule has 0 bridgehead atoms. The highest BCUT2D eigenvalue weighted by molar-refractivity contribution is 7.90. The number of piperazine rings is 1. The highest BCUT2D eigenvalue weighted by Crippen LogP contribution is 2.38. The highest BCUT2D eigenvalue weighted by atomic mass is 32.2. The molecule has 11 nitrogen and oxygen atoms in total. The minimum atomic E-state index is -4.00. The van der Waals surface area contributed by atoms with Crippen LogP contribution >= 0.6 is 0 Å². The average molecular weight is 578 g/mol. The molecular formula is C29H35N7O4S. The minimum Gasteiger partial charge on any atom is -0.444 e. The molecule has 1 amide bonds. The third-order valence-corrected chi connectivity index (χ3v) is 8.80. The van der Waals surface area contributed by atoms with Crippen molar-refractivity contribution in [2.24, 2.45) is 0 Å². The van der Waals surface area contributed by atoms with Crippen LogP contribution in [0.25, 0.3) is 22.3 Å². The van der Waals surface area contributed by atoms with E-state index in [9.17, 15) is 13.2 Å². The van der Waals surface area contributed by atoms with Crippen molar-refractivity contribution < 1.29 is 17.9 Å². The molecule has 41 heavy (non-hydrogen) atoms. The molecule has 1 aliphatic heterocycles. The molecule has 1 unspecified atom stereocenters. The van der Waals surface area contributed by atoms with Gasteiger partial charge in [-0.25, -0.2) is 27.2 Å². The topological polar surface area (TPSA) is 123 Å². The number of benzene rings is 1. The summed E-state index contributed by atoms with van der Waals surface area (Å²) in [7, 11) is -4.00. The number of aromatic nitrogens is 5. The summed E-state index contributed by atoms with van der Waals surface area (Å²) >= 11 is 0. The van der Waals surface area contributed by atoms with Crippen molar-refractivity contribution in [2.75, 3.05) is 18.0 Å². The lowest BCUT2D eigenvalue weighted by molar-refractivity contribution is 0.0130. The molecule has 2 atom stereocenters. The summed E-state index contributed by atoms with van der Waals surface area (Å²) in [5, 5.41) is 0.552. The van der Waals surface area contributed by atoms with Crippen LogP contribution in [0.1, 0.15) is 45.9 Å². The van der Waals surface area contributed by atoms with Gasteiger partial charge < -0.3 is 14.5 Å². The molecule has 0 spiro atoms. The fraction of sp³-hybridized carbons (Fsp3) is 0.414. The molecule has 1 aliphatic rings. The molecular weight excluding hydrogens is 542 g/mol. The summed E-state index contributed by atoms with van der Waals surface area (Å²) < 4.78 is 34.7. The summed E-state index contributed by atoms with van der Waals surface area (Å²) in [4.78, 5) is 35.0. The van der Waals surface area contributed by atoms with Crippen molar-refractivity contribution in [1.82, 2.24) is 28.8 Å². The zero-order valence-corrected chi connectivity index (χ0v) is 25.2. The zero-order chi connectivity index (χ0) is 29.7. The Morgan fingerprint density at radius 3 is 2.29 bits per heavy atom. The fourth-order valence-electron chi connectivity index (χ4n) is 5.09. The van der Waals surface area contributed by atoms with Crippen molar-refractivity contribution >= 4 is 33.0 Å². The summed E-state index contributed by atoms with van der Waals surface area (Å²) in [6.07, 6.45) is 5.74. The SMILES string of the molecule is Cc1ccc(S(=O)(=O)n2cc(-c3nccnc3C)c3c(N4C[C@H](C)N(C(=O)OC(C)(C)C)CC4C)ncnc32)cc1. The van der Waals surface area contributed by atoms with E-state index in [4.69, 9.17) is 4.74 Å². The van der Waals surface area contributed by atoms with Gasteiger partial charge in [-0.15, -0.1) is 0 Å². The van der Waals surface area contributed by atoms with Crippen LogP contribution in [0, 0.1) is 13.8 Å². The van der Waals surface area contributed by atoms with Crippen LogP contribution in [0.15, 0.2) is 54.1 Å². The van der Waals surface area contributed by atoms with Gasteiger partial charge in [0.1, 0.15) is 17.7 Å². The number of aryl methyl sites for hydroxylation is 2.